The molecule has 265 valence electrons. The third-order valence-electron chi connectivity index (χ3n) is 7.54. The number of hydrogen-bond acceptors (Lipinski definition) is 3. The summed E-state index contributed by atoms with van der Waals surface area (Å²) in [5.74, 6) is -2.57. The van der Waals surface area contributed by atoms with Gasteiger partial charge >= 0.3 is 0 Å². The zero-order chi connectivity index (χ0) is 36.2. The van der Waals surface area contributed by atoms with Gasteiger partial charge in [0.15, 0.2) is 0 Å². The molecule has 0 saturated carbocycles. The van der Waals surface area contributed by atoms with Gasteiger partial charge in [-0.1, -0.05) is 102 Å². The molecule has 0 atom stereocenters. The predicted molar refractivity (Wildman–Crippen MR) is 203 cm³/mol. The van der Waals surface area contributed by atoms with Crippen LogP contribution in [0.1, 0.15) is 0 Å². The first-order valence-corrected chi connectivity index (χ1v) is 20.4. The predicted octanol–water partition coefficient (Wildman–Crippen LogP) is 8.23. The molecule has 0 saturated heterocycles. The Morgan fingerprint density at radius 3 is 1.35 bits per heavy atom. The van der Waals surface area contributed by atoms with Gasteiger partial charge in [-0.3, -0.25) is 17.6 Å². The second-order valence-corrected chi connectivity index (χ2v) is 17.8. The number of aromatic nitrogens is 2. The molecule has 10 heteroatoms. The molecule has 0 aliphatic heterocycles. The number of rotatable bonds is 6. The molecule has 0 spiro atoms. The van der Waals surface area contributed by atoms with Crippen molar-refractivity contribution in [3.8, 4) is 22.5 Å². The Labute approximate surface area is 317 Å². The molecule has 0 aliphatic rings. The molecule has 3 nitrogen and oxygen atoms in total. The van der Waals surface area contributed by atoms with Crippen molar-refractivity contribution in [2.45, 2.75) is 13.1 Å². The van der Waals surface area contributed by atoms with Gasteiger partial charge in [-0.2, -0.15) is 0 Å². The van der Waals surface area contributed by atoms with Crippen molar-refractivity contribution in [1.29, 1.82) is 0 Å². The van der Waals surface area contributed by atoms with E-state index in [1.807, 2.05) is 19.2 Å². The first-order valence-electron chi connectivity index (χ1n) is 16.0. The van der Waals surface area contributed by atoms with Gasteiger partial charge in [0.1, 0.15) is 15.9 Å². The molecular weight excluding hydrogens is 876 g/mol. The van der Waals surface area contributed by atoms with E-state index in [9.17, 15) is 22.4 Å². The van der Waals surface area contributed by atoms with Crippen molar-refractivity contribution in [3.63, 3.8) is 0 Å². The summed E-state index contributed by atoms with van der Waals surface area (Å²) in [6, 6.07) is 48.9. The van der Waals surface area contributed by atoms with Crippen LogP contribution in [0.25, 0.3) is 22.5 Å². The molecule has 1 N–H and O–H groups in total. The molecule has 2 aromatic heterocycles. The summed E-state index contributed by atoms with van der Waals surface area (Å²) in [5.41, 5.74) is 1.27. The number of hydrogen-bond donors (Lipinski definition) is 1. The van der Waals surface area contributed by atoms with Crippen molar-refractivity contribution >= 4 is 37.3 Å². The average molecular weight is 910 g/mol. The van der Waals surface area contributed by atoms with Crippen LogP contribution in [0.15, 0.2) is 158 Å². The van der Waals surface area contributed by atoms with Gasteiger partial charge < -0.3 is 14.8 Å². The molecule has 0 amide bonds. The maximum Gasteiger partial charge on any atom is 0.217 e. The standard InChI is InChI=1S/C20H21OPSi.2C11H6F2N.Ir/c1-23(2,21)20-16-10-9-15-19(20)22(17-11-5-3-6-12-17)18-13-7-4-8-14-18;2*12-8-4-5-9(10(13)7-8)11-3-1-2-6-14-11;/h3-16,21H,1-2H3;2*1-4,6-7H;/q;2*-1;/p+1. The minimum Gasteiger partial charge on any atom is -0.428 e. The van der Waals surface area contributed by atoms with Crippen LogP contribution in [-0.2, 0) is 20.1 Å². The van der Waals surface area contributed by atoms with Crippen molar-refractivity contribution in [2.24, 2.45) is 0 Å². The Balaban J connectivity index is 0.000000182. The molecule has 7 rings (SSSR count). The van der Waals surface area contributed by atoms with E-state index in [2.05, 4.69) is 101 Å². The average Bonchev–Trinajstić information content (AvgIpc) is 3.14. The number of pyridine rings is 2. The molecule has 5 aromatic carbocycles. The SMILES string of the molecule is C[Si](C)(O)c1ccccc1[PH+](c1ccccc1)c1ccccc1.Fc1c[c-]c(-c2ccccn2)c(F)c1.Fc1c[c-]c(-c2ccccn2)c(F)c1.[Ir]. The molecule has 52 heavy (non-hydrogen) atoms. The zero-order valence-electron chi connectivity index (χ0n) is 28.2. The minimum atomic E-state index is -2.38. The van der Waals surface area contributed by atoms with Crippen LogP contribution in [0.5, 0.6) is 0 Å². The summed E-state index contributed by atoms with van der Waals surface area (Å²) in [7, 11) is -3.50. The summed E-state index contributed by atoms with van der Waals surface area (Å²) in [4.78, 5) is 18.7. The van der Waals surface area contributed by atoms with E-state index >= 15 is 0 Å². The van der Waals surface area contributed by atoms with Crippen molar-refractivity contribution in [1.82, 2.24) is 9.97 Å². The van der Waals surface area contributed by atoms with Crippen molar-refractivity contribution in [3.05, 3.63) is 193 Å². The molecule has 2 heterocycles. The summed E-state index contributed by atoms with van der Waals surface area (Å²) >= 11 is 0. The van der Waals surface area contributed by atoms with Gasteiger partial charge in [0.25, 0.3) is 0 Å². The molecule has 7 aromatic rings. The van der Waals surface area contributed by atoms with Crippen molar-refractivity contribution in [2.75, 3.05) is 0 Å². The van der Waals surface area contributed by atoms with Crippen LogP contribution in [0.2, 0.25) is 13.1 Å². The molecule has 1 radical (unpaired) electrons. The van der Waals surface area contributed by atoms with E-state index in [-0.39, 0.29) is 31.2 Å². The largest absolute Gasteiger partial charge is 0.428 e. The van der Waals surface area contributed by atoms with Gasteiger partial charge in [-0.05, 0) is 66.9 Å². The Kier molecular flexibility index (Phi) is 14.9. The molecular formula is C42H34F4IrN2OPSi-. The minimum absolute atomic E-state index is 0. The zero-order valence-corrected chi connectivity index (χ0v) is 32.6. The number of benzene rings is 5. The van der Waals surface area contributed by atoms with E-state index in [1.165, 1.54) is 15.9 Å². The second kappa shape index (κ2) is 19.3. The smallest absolute Gasteiger partial charge is 0.217 e. The Bertz CT molecular complexity index is 2020. The summed E-state index contributed by atoms with van der Waals surface area (Å²) in [5, 5.41) is 5.18. The van der Waals surface area contributed by atoms with Crippen LogP contribution < -0.4 is 21.1 Å². The maximum absolute atomic E-state index is 13.2. The maximum atomic E-state index is 13.2. The molecule has 0 aliphatic carbocycles. The van der Waals surface area contributed by atoms with Crippen LogP contribution in [0.4, 0.5) is 17.6 Å². The Hall–Kier alpha value is -4.62. The van der Waals surface area contributed by atoms with Crippen LogP contribution in [-0.4, -0.2) is 23.1 Å². The van der Waals surface area contributed by atoms with E-state index in [0.29, 0.717) is 11.4 Å². The first-order chi connectivity index (χ1) is 24.6. The number of halogens is 4. The quantitative estimate of drug-likeness (QED) is 0.0793. The summed E-state index contributed by atoms with van der Waals surface area (Å²) in [6.07, 6.45) is 3.10. The second-order valence-electron chi connectivity index (χ2n) is 11.7. The molecule has 0 fully saturated rings. The Morgan fingerprint density at radius 2 is 0.962 bits per heavy atom. The van der Waals surface area contributed by atoms with E-state index in [4.69, 9.17) is 0 Å². The summed E-state index contributed by atoms with van der Waals surface area (Å²) in [6.45, 7) is 4.00. The topological polar surface area (TPSA) is 46.0 Å². The van der Waals surface area contributed by atoms with Crippen LogP contribution in [0.3, 0.4) is 0 Å². The summed E-state index contributed by atoms with van der Waals surface area (Å²) < 4.78 is 51.6. The van der Waals surface area contributed by atoms with Crippen molar-refractivity contribution < 1.29 is 42.5 Å². The van der Waals surface area contributed by atoms with E-state index in [0.717, 1.165) is 29.5 Å². The third-order valence-corrected chi connectivity index (χ3v) is 12.3. The molecule has 0 unspecified atom stereocenters. The van der Waals surface area contributed by atoms with Crippen LogP contribution in [0, 0.1) is 35.4 Å². The van der Waals surface area contributed by atoms with Gasteiger partial charge in [0, 0.05) is 61.0 Å². The fraction of sp³-hybridized carbons (Fsp3) is 0.0476. The van der Waals surface area contributed by atoms with Gasteiger partial charge in [-0.25, -0.2) is 0 Å². The monoisotopic (exact) mass is 910 g/mol. The first kappa shape index (κ1) is 40.2. The van der Waals surface area contributed by atoms with Gasteiger partial charge in [-0.15, -0.1) is 24.3 Å². The Morgan fingerprint density at radius 1 is 0.558 bits per heavy atom. The fourth-order valence-corrected chi connectivity index (χ4v) is 10.4. The van der Waals surface area contributed by atoms with Crippen LogP contribution >= 0.6 is 7.92 Å². The normalized spacial score (nSPS) is 10.6. The van der Waals surface area contributed by atoms with Gasteiger partial charge in [0.2, 0.25) is 8.32 Å². The van der Waals surface area contributed by atoms with E-state index < -0.39 is 39.5 Å². The van der Waals surface area contributed by atoms with Gasteiger partial charge in [0.05, 0.1) is 7.92 Å². The third kappa shape index (κ3) is 10.9. The fourth-order valence-electron chi connectivity index (χ4n) is 5.23. The van der Waals surface area contributed by atoms with E-state index in [1.54, 1.807) is 48.8 Å². The number of nitrogens with zero attached hydrogens (tertiary/aromatic N) is 2. The molecule has 0 bridgehead atoms.